The van der Waals surface area contributed by atoms with Gasteiger partial charge in [0.05, 0.1) is 7.11 Å². The average Bonchev–Trinajstić information content (AvgIpc) is 3.10. The van der Waals surface area contributed by atoms with Crippen molar-refractivity contribution in [1.82, 2.24) is 14.8 Å². The number of methoxy groups -OCH3 is 1. The van der Waals surface area contributed by atoms with Crippen LogP contribution in [0.2, 0.25) is 5.02 Å². The molecule has 0 radical (unpaired) electrons. The number of ether oxygens (including phenoxy) is 1. The van der Waals surface area contributed by atoms with Crippen LogP contribution in [0.15, 0.2) is 58.6 Å². The van der Waals surface area contributed by atoms with Crippen molar-refractivity contribution in [2.45, 2.75) is 18.6 Å². The van der Waals surface area contributed by atoms with Gasteiger partial charge < -0.3 is 14.4 Å². The third kappa shape index (κ3) is 4.55. The lowest BCUT2D eigenvalue weighted by Gasteiger charge is -2.08. The van der Waals surface area contributed by atoms with E-state index in [1.165, 1.54) is 0 Å². The molecule has 144 valence electrons. The van der Waals surface area contributed by atoms with Crippen LogP contribution >= 0.6 is 23.4 Å². The van der Waals surface area contributed by atoms with E-state index in [2.05, 4.69) is 10.2 Å². The van der Waals surface area contributed by atoms with Crippen molar-refractivity contribution in [2.75, 3.05) is 7.11 Å². The molecule has 0 amide bonds. The lowest BCUT2D eigenvalue weighted by atomic mass is 10.2. The highest BCUT2D eigenvalue weighted by atomic mass is 35.5. The number of carboxylic acid groups (broad SMARTS) is 1. The largest absolute Gasteiger partial charge is 0.497 e. The van der Waals surface area contributed by atoms with Gasteiger partial charge in [-0.1, -0.05) is 23.7 Å². The summed E-state index contributed by atoms with van der Waals surface area (Å²) < 4.78 is 7.06. The van der Waals surface area contributed by atoms with E-state index in [4.69, 9.17) is 16.3 Å². The Kier molecular flexibility index (Phi) is 6.38. The fourth-order valence-electron chi connectivity index (χ4n) is 2.58. The zero-order valence-corrected chi connectivity index (χ0v) is 16.9. The van der Waals surface area contributed by atoms with Gasteiger partial charge in [0.1, 0.15) is 10.7 Å². The standard InChI is InChI=1S/C20H18ClN3O3S/c1-3-24-18(14-7-9-15(21)10-8-14)22-23-20(24)28-17(19(25)26)12-13-5-4-6-16(11-13)27-2/h4-12H,3H2,1-2H3,(H,25,26)/b17-12-. The minimum absolute atomic E-state index is 0.137. The maximum atomic E-state index is 11.8. The number of carbonyl (C=O) groups is 1. The normalized spacial score (nSPS) is 11.5. The summed E-state index contributed by atoms with van der Waals surface area (Å²) in [6, 6.07) is 14.5. The quantitative estimate of drug-likeness (QED) is 0.439. The molecule has 0 unspecified atom stereocenters. The molecule has 6 nitrogen and oxygen atoms in total. The Balaban J connectivity index is 1.94. The Hall–Kier alpha value is -2.77. The van der Waals surface area contributed by atoms with Crippen LogP contribution in [0.25, 0.3) is 17.5 Å². The van der Waals surface area contributed by atoms with Crippen molar-refractivity contribution < 1.29 is 14.6 Å². The monoisotopic (exact) mass is 415 g/mol. The molecule has 8 heteroatoms. The summed E-state index contributed by atoms with van der Waals surface area (Å²) in [6.45, 7) is 2.55. The maximum absolute atomic E-state index is 11.8. The summed E-state index contributed by atoms with van der Waals surface area (Å²) in [5, 5.41) is 19.2. The highest BCUT2D eigenvalue weighted by molar-refractivity contribution is 8.04. The third-order valence-corrected chi connectivity index (χ3v) is 5.19. The molecule has 3 rings (SSSR count). The molecule has 28 heavy (non-hydrogen) atoms. The first-order chi connectivity index (χ1) is 13.5. The molecule has 0 aliphatic heterocycles. The molecule has 0 saturated carbocycles. The highest BCUT2D eigenvalue weighted by Crippen LogP contribution is 2.31. The van der Waals surface area contributed by atoms with E-state index in [0.29, 0.717) is 28.3 Å². The van der Waals surface area contributed by atoms with Crippen molar-refractivity contribution in [3.05, 3.63) is 64.0 Å². The third-order valence-electron chi connectivity index (χ3n) is 3.94. The van der Waals surface area contributed by atoms with Crippen LogP contribution < -0.4 is 4.74 Å². The summed E-state index contributed by atoms with van der Waals surface area (Å²) >= 11 is 7.01. The fraction of sp³-hybridized carbons (Fsp3) is 0.150. The van der Waals surface area contributed by atoms with Gasteiger partial charge in [0.25, 0.3) is 0 Å². The summed E-state index contributed by atoms with van der Waals surface area (Å²) in [5.74, 6) is 0.282. The molecule has 0 fully saturated rings. The van der Waals surface area contributed by atoms with Crippen molar-refractivity contribution in [3.63, 3.8) is 0 Å². The molecule has 0 saturated heterocycles. The van der Waals surface area contributed by atoms with E-state index < -0.39 is 5.97 Å². The number of hydrogen-bond donors (Lipinski definition) is 1. The number of nitrogens with zero attached hydrogens (tertiary/aromatic N) is 3. The predicted octanol–water partition coefficient (Wildman–Crippen LogP) is 4.84. The first-order valence-electron chi connectivity index (χ1n) is 8.48. The van der Waals surface area contributed by atoms with Crippen molar-refractivity contribution in [2.24, 2.45) is 0 Å². The van der Waals surface area contributed by atoms with E-state index in [1.807, 2.05) is 35.8 Å². The van der Waals surface area contributed by atoms with Crippen LogP contribution in [0.3, 0.4) is 0 Å². The minimum Gasteiger partial charge on any atom is -0.497 e. The fourth-order valence-corrected chi connectivity index (χ4v) is 3.59. The van der Waals surface area contributed by atoms with Crippen molar-refractivity contribution in [1.29, 1.82) is 0 Å². The SMILES string of the molecule is CCn1c(S/C(=C\c2cccc(OC)c2)C(=O)O)nnc1-c1ccc(Cl)cc1. The van der Waals surface area contributed by atoms with Gasteiger partial charge in [0, 0.05) is 17.1 Å². The molecular weight excluding hydrogens is 398 g/mol. The van der Waals surface area contributed by atoms with Crippen LogP contribution in [0.5, 0.6) is 5.75 Å². The molecule has 0 atom stereocenters. The molecule has 1 heterocycles. The van der Waals surface area contributed by atoms with Gasteiger partial charge >= 0.3 is 5.97 Å². The zero-order chi connectivity index (χ0) is 20.1. The summed E-state index contributed by atoms with van der Waals surface area (Å²) in [7, 11) is 1.57. The second kappa shape index (κ2) is 8.95. The van der Waals surface area contributed by atoms with Crippen LogP contribution in [0.1, 0.15) is 12.5 Å². The molecule has 1 N–H and O–H groups in total. The molecule has 0 aliphatic carbocycles. The minimum atomic E-state index is -1.04. The summed E-state index contributed by atoms with van der Waals surface area (Å²) in [4.78, 5) is 11.9. The van der Waals surface area contributed by atoms with Gasteiger partial charge in [0.2, 0.25) is 0 Å². The van der Waals surface area contributed by atoms with E-state index in [-0.39, 0.29) is 4.91 Å². The molecule has 0 spiro atoms. The first kappa shape index (κ1) is 20.0. The molecule has 0 bridgehead atoms. The lowest BCUT2D eigenvalue weighted by molar-refractivity contribution is -0.131. The zero-order valence-electron chi connectivity index (χ0n) is 15.3. The number of carboxylic acids is 1. The maximum Gasteiger partial charge on any atom is 0.342 e. The van der Waals surface area contributed by atoms with Crippen molar-refractivity contribution >= 4 is 35.4 Å². The Morgan fingerprint density at radius 3 is 2.64 bits per heavy atom. The Labute approximate surface area is 171 Å². The first-order valence-corrected chi connectivity index (χ1v) is 9.67. The smallest absolute Gasteiger partial charge is 0.342 e. The molecule has 1 aromatic heterocycles. The van der Waals surface area contributed by atoms with Gasteiger partial charge in [-0.2, -0.15) is 0 Å². The lowest BCUT2D eigenvalue weighted by Crippen LogP contribution is -2.02. The van der Waals surface area contributed by atoms with E-state index in [0.717, 1.165) is 22.9 Å². The van der Waals surface area contributed by atoms with E-state index in [9.17, 15) is 9.90 Å². The number of aromatic nitrogens is 3. The van der Waals surface area contributed by atoms with Crippen LogP contribution in [-0.2, 0) is 11.3 Å². The summed E-state index contributed by atoms with van der Waals surface area (Å²) in [6.07, 6.45) is 1.59. The molecular formula is C20H18ClN3O3S. The van der Waals surface area contributed by atoms with Gasteiger partial charge in [-0.25, -0.2) is 4.79 Å². The van der Waals surface area contributed by atoms with Gasteiger partial charge in [-0.15, -0.1) is 10.2 Å². The predicted molar refractivity (Wildman–Crippen MR) is 111 cm³/mol. The van der Waals surface area contributed by atoms with Gasteiger partial charge in [0.15, 0.2) is 11.0 Å². The topological polar surface area (TPSA) is 77.2 Å². The van der Waals surface area contributed by atoms with Crippen LogP contribution in [-0.4, -0.2) is 33.0 Å². The number of hydrogen-bond acceptors (Lipinski definition) is 5. The second-order valence-corrected chi connectivity index (χ2v) is 7.20. The molecule has 0 aliphatic rings. The van der Waals surface area contributed by atoms with E-state index in [1.54, 1.807) is 37.5 Å². The Morgan fingerprint density at radius 1 is 1.25 bits per heavy atom. The molecule has 2 aromatic carbocycles. The number of aliphatic carboxylic acids is 1. The van der Waals surface area contributed by atoms with Gasteiger partial charge in [-0.3, -0.25) is 0 Å². The second-order valence-electron chi connectivity index (χ2n) is 5.75. The summed E-state index contributed by atoms with van der Waals surface area (Å²) in [5.41, 5.74) is 1.59. The average molecular weight is 416 g/mol. The Bertz CT molecular complexity index is 1020. The number of benzene rings is 2. The van der Waals surface area contributed by atoms with Gasteiger partial charge in [-0.05, 0) is 66.7 Å². The number of halogens is 1. The number of rotatable bonds is 7. The van der Waals surface area contributed by atoms with Crippen molar-refractivity contribution in [3.8, 4) is 17.1 Å². The molecule has 3 aromatic rings. The van der Waals surface area contributed by atoms with E-state index >= 15 is 0 Å². The number of thioether (sulfide) groups is 1. The van der Waals surface area contributed by atoms with Crippen LogP contribution in [0, 0.1) is 0 Å². The Morgan fingerprint density at radius 2 is 2.00 bits per heavy atom. The highest BCUT2D eigenvalue weighted by Gasteiger charge is 2.18. The van der Waals surface area contributed by atoms with Crippen LogP contribution in [0.4, 0.5) is 0 Å².